The number of nitrogens with two attached hydrogens (primary N) is 3. The van der Waals surface area contributed by atoms with Gasteiger partial charge in [0.1, 0.15) is 5.82 Å². The van der Waals surface area contributed by atoms with Crippen molar-refractivity contribution in [2.45, 2.75) is 0 Å². The first-order valence-electron chi connectivity index (χ1n) is 4.76. The molecule has 0 radical (unpaired) electrons. The first-order valence-corrected chi connectivity index (χ1v) is 4.76. The Morgan fingerprint density at radius 2 is 1.71 bits per heavy atom. The van der Waals surface area contributed by atoms with Crippen molar-refractivity contribution in [3.8, 4) is 0 Å². The molecule has 1 aromatic rings. The highest BCUT2D eigenvalue weighted by molar-refractivity contribution is 5.86. The van der Waals surface area contributed by atoms with Gasteiger partial charge in [0.2, 0.25) is 11.8 Å². The Kier molecular flexibility index (Phi) is 3.86. The third-order valence-corrected chi connectivity index (χ3v) is 2.03. The fourth-order valence-electron chi connectivity index (χ4n) is 1.39. The Hall–Kier alpha value is -2.31. The molecule has 1 aromatic carbocycles. The number of hydrogen-bond acceptors (Lipinski definition) is 4. The highest BCUT2D eigenvalue weighted by Crippen LogP contribution is 2.23. The third-order valence-electron chi connectivity index (χ3n) is 2.03. The van der Waals surface area contributed by atoms with Gasteiger partial charge in [0.15, 0.2) is 0 Å². The van der Waals surface area contributed by atoms with Crippen molar-refractivity contribution in [1.82, 2.24) is 0 Å². The van der Waals surface area contributed by atoms with Crippen LogP contribution in [0.5, 0.6) is 0 Å². The molecule has 0 aliphatic heterocycles. The van der Waals surface area contributed by atoms with Crippen LogP contribution in [-0.4, -0.2) is 24.9 Å². The minimum Gasteiger partial charge on any atom is -0.397 e. The van der Waals surface area contributed by atoms with Gasteiger partial charge in [-0.3, -0.25) is 9.59 Å². The average molecular weight is 240 g/mol. The van der Waals surface area contributed by atoms with Crippen LogP contribution < -0.4 is 22.1 Å². The van der Waals surface area contributed by atoms with Crippen LogP contribution in [0.25, 0.3) is 0 Å². The number of amides is 2. The van der Waals surface area contributed by atoms with Gasteiger partial charge in [0.05, 0.1) is 24.5 Å². The van der Waals surface area contributed by atoms with Gasteiger partial charge in [0.25, 0.3) is 0 Å². The van der Waals surface area contributed by atoms with Gasteiger partial charge in [-0.15, -0.1) is 0 Å². The SMILES string of the molecule is NC(=O)CN(CC(N)=O)c1cc(F)ccc1N. The summed E-state index contributed by atoms with van der Waals surface area (Å²) < 4.78 is 13.1. The number of nitrogen functional groups attached to an aromatic ring is 1. The normalized spacial score (nSPS) is 9.94. The molecule has 17 heavy (non-hydrogen) atoms. The molecule has 0 fully saturated rings. The number of rotatable bonds is 5. The topological polar surface area (TPSA) is 115 Å². The van der Waals surface area contributed by atoms with Gasteiger partial charge in [-0.05, 0) is 18.2 Å². The zero-order valence-electron chi connectivity index (χ0n) is 9.02. The summed E-state index contributed by atoms with van der Waals surface area (Å²) in [5.41, 5.74) is 16.1. The molecule has 6 nitrogen and oxygen atoms in total. The lowest BCUT2D eigenvalue weighted by Crippen LogP contribution is -2.40. The smallest absolute Gasteiger partial charge is 0.236 e. The zero-order valence-corrected chi connectivity index (χ0v) is 9.02. The van der Waals surface area contributed by atoms with E-state index in [9.17, 15) is 14.0 Å². The number of primary amides is 2. The quantitative estimate of drug-likeness (QED) is 0.583. The summed E-state index contributed by atoms with van der Waals surface area (Å²) in [4.78, 5) is 22.9. The van der Waals surface area contributed by atoms with Crippen LogP contribution in [0.3, 0.4) is 0 Å². The molecule has 0 aliphatic carbocycles. The van der Waals surface area contributed by atoms with E-state index in [1.807, 2.05) is 0 Å². The number of hydrogen-bond donors (Lipinski definition) is 3. The van der Waals surface area contributed by atoms with Crippen LogP contribution in [0.4, 0.5) is 15.8 Å². The summed E-state index contributed by atoms with van der Waals surface area (Å²) in [6.45, 7) is -0.535. The highest BCUT2D eigenvalue weighted by Gasteiger charge is 2.15. The molecule has 7 heteroatoms. The summed E-state index contributed by atoms with van der Waals surface area (Å²) in [7, 11) is 0. The minimum absolute atomic E-state index is 0.211. The number of halogens is 1. The van der Waals surface area contributed by atoms with Crippen LogP contribution in [0.15, 0.2) is 18.2 Å². The first-order chi connectivity index (χ1) is 7.90. The van der Waals surface area contributed by atoms with Crippen molar-refractivity contribution in [3.05, 3.63) is 24.0 Å². The van der Waals surface area contributed by atoms with Gasteiger partial charge < -0.3 is 22.1 Å². The van der Waals surface area contributed by atoms with E-state index in [1.54, 1.807) is 0 Å². The predicted molar refractivity (Wildman–Crippen MR) is 61.4 cm³/mol. The lowest BCUT2D eigenvalue weighted by atomic mass is 10.2. The largest absolute Gasteiger partial charge is 0.397 e. The predicted octanol–water partition coefficient (Wildman–Crippen LogP) is -0.815. The maximum Gasteiger partial charge on any atom is 0.236 e. The molecule has 92 valence electrons. The Labute approximate surface area is 97.2 Å². The van der Waals surface area contributed by atoms with E-state index in [1.165, 1.54) is 17.0 Å². The first kappa shape index (κ1) is 12.8. The number of carbonyl (C=O) groups is 2. The molecule has 0 bridgehead atoms. The monoisotopic (exact) mass is 240 g/mol. The Morgan fingerprint density at radius 3 is 2.18 bits per heavy atom. The van der Waals surface area contributed by atoms with E-state index in [-0.39, 0.29) is 24.5 Å². The summed E-state index contributed by atoms with van der Waals surface area (Å²) >= 11 is 0. The Balaban J connectivity index is 3.06. The van der Waals surface area contributed by atoms with E-state index in [2.05, 4.69) is 0 Å². The van der Waals surface area contributed by atoms with E-state index >= 15 is 0 Å². The standard InChI is InChI=1S/C10H13FN4O2/c11-6-1-2-7(12)8(3-6)15(4-9(13)16)5-10(14)17/h1-3H,4-5,12H2,(H2,13,16)(H2,14,17). The number of benzene rings is 1. The molecule has 0 aliphatic rings. The van der Waals surface area contributed by atoms with Crippen molar-refractivity contribution in [2.75, 3.05) is 23.7 Å². The number of carbonyl (C=O) groups excluding carboxylic acids is 2. The summed E-state index contributed by atoms with van der Waals surface area (Å²) in [6, 6.07) is 3.62. The summed E-state index contributed by atoms with van der Waals surface area (Å²) in [6.07, 6.45) is 0. The maximum absolute atomic E-state index is 13.1. The molecule has 0 spiro atoms. The van der Waals surface area contributed by atoms with E-state index in [4.69, 9.17) is 17.2 Å². The van der Waals surface area contributed by atoms with Crippen molar-refractivity contribution >= 4 is 23.2 Å². The lowest BCUT2D eigenvalue weighted by Gasteiger charge is -2.23. The second kappa shape index (κ2) is 5.15. The molecular weight excluding hydrogens is 227 g/mol. The van der Waals surface area contributed by atoms with Crippen LogP contribution >= 0.6 is 0 Å². The van der Waals surface area contributed by atoms with Crippen molar-refractivity contribution in [1.29, 1.82) is 0 Å². The summed E-state index contributed by atoms with van der Waals surface area (Å²) in [5, 5.41) is 0. The summed E-state index contributed by atoms with van der Waals surface area (Å²) in [5.74, 6) is -1.88. The lowest BCUT2D eigenvalue weighted by molar-refractivity contribution is -0.117. The molecule has 0 atom stereocenters. The molecule has 0 aromatic heterocycles. The molecule has 2 amide bonds. The molecule has 0 heterocycles. The molecule has 6 N–H and O–H groups in total. The second-order valence-corrected chi connectivity index (χ2v) is 3.49. The molecular formula is C10H13FN4O2. The number of anilines is 2. The minimum atomic E-state index is -0.671. The van der Waals surface area contributed by atoms with Crippen LogP contribution in [0, 0.1) is 5.82 Å². The highest BCUT2D eigenvalue weighted by atomic mass is 19.1. The molecule has 0 saturated heterocycles. The fraction of sp³-hybridized carbons (Fsp3) is 0.200. The van der Waals surface area contributed by atoms with Gasteiger partial charge in [0, 0.05) is 0 Å². The van der Waals surface area contributed by atoms with E-state index in [0.29, 0.717) is 0 Å². The maximum atomic E-state index is 13.1. The van der Waals surface area contributed by atoms with Crippen LogP contribution in [0.2, 0.25) is 0 Å². The average Bonchev–Trinajstić information content (AvgIpc) is 2.19. The molecule has 1 rings (SSSR count). The van der Waals surface area contributed by atoms with E-state index in [0.717, 1.165) is 6.07 Å². The van der Waals surface area contributed by atoms with Gasteiger partial charge in [-0.1, -0.05) is 0 Å². The van der Waals surface area contributed by atoms with Gasteiger partial charge in [-0.25, -0.2) is 4.39 Å². The fourth-order valence-corrected chi connectivity index (χ4v) is 1.39. The second-order valence-electron chi connectivity index (χ2n) is 3.49. The van der Waals surface area contributed by atoms with Crippen LogP contribution in [0.1, 0.15) is 0 Å². The zero-order chi connectivity index (χ0) is 13.0. The molecule has 0 saturated carbocycles. The molecule has 0 unspecified atom stereocenters. The number of nitrogens with zero attached hydrogens (tertiary/aromatic N) is 1. The van der Waals surface area contributed by atoms with Crippen molar-refractivity contribution in [2.24, 2.45) is 11.5 Å². The van der Waals surface area contributed by atoms with E-state index < -0.39 is 17.6 Å². The third kappa shape index (κ3) is 3.63. The van der Waals surface area contributed by atoms with Gasteiger partial charge >= 0.3 is 0 Å². The van der Waals surface area contributed by atoms with Crippen LogP contribution in [-0.2, 0) is 9.59 Å². The Morgan fingerprint density at radius 1 is 1.18 bits per heavy atom. The van der Waals surface area contributed by atoms with Crippen molar-refractivity contribution < 1.29 is 14.0 Å². The van der Waals surface area contributed by atoms with Gasteiger partial charge in [-0.2, -0.15) is 0 Å². The Bertz CT molecular complexity index is 434. The van der Waals surface area contributed by atoms with Crippen molar-refractivity contribution in [3.63, 3.8) is 0 Å².